The third-order valence-corrected chi connectivity index (χ3v) is 12.9. The van der Waals surface area contributed by atoms with Crippen molar-refractivity contribution >= 4 is 0 Å². The van der Waals surface area contributed by atoms with E-state index in [1.165, 1.54) is 116 Å². The van der Waals surface area contributed by atoms with Crippen LogP contribution in [0.4, 0.5) is 0 Å². The lowest BCUT2D eigenvalue weighted by atomic mass is 10.0. The number of benzene rings is 2. The maximum Gasteiger partial charge on any atom is 0.167 e. The van der Waals surface area contributed by atoms with Gasteiger partial charge in [0.15, 0.2) is 25.1 Å². The molecule has 0 saturated carbocycles. The molecule has 0 aliphatic carbocycles. The van der Waals surface area contributed by atoms with E-state index in [-0.39, 0.29) is 13.6 Å². The second-order valence-corrected chi connectivity index (χ2v) is 19.3. The molecule has 396 valence electrons. The predicted octanol–water partition coefficient (Wildman–Crippen LogP) is 19.5. The number of hydrogen-bond donors (Lipinski definition) is 0. The molecule has 0 radical (unpaired) electrons. The summed E-state index contributed by atoms with van der Waals surface area (Å²) in [5.41, 5.74) is 2.04. The summed E-state index contributed by atoms with van der Waals surface area (Å²) in [6.07, 6.45) is 36.3. The van der Waals surface area contributed by atoms with E-state index >= 15 is 0 Å². The molecule has 2 unspecified atom stereocenters. The minimum atomic E-state index is -0.492. The van der Waals surface area contributed by atoms with Gasteiger partial charge in [0.2, 0.25) is 0 Å². The SMILES string of the molecule is CCCCCCCCOC(CCCCC)=C(OCCCCCCCC)C(OCOCOC(C(OCCCCCCCC)=C(CCCCC)OCCCCCCCC)c1ccccc1)c1ccccc1. The molecule has 2 atom stereocenters. The highest BCUT2D eigenvalue weighted by molar-refractivity contribution is 5.27. The molecule has 0 aliphatic rings. The summed E-state index contributed by atoms with van der Waals surface area (Å²) in [7, 11) is 0. The van der Waals surface area contributed by atoms with Crippen LogP contribution in [0.1, 0.15) is 270 Å². The summed E-state index contributed by atoms with van der Waals surface area (Å²) < 4.78 is 47.2. The standard InChI is InChI=1S/C62H106O7/c1-7-13-19-23-27-39-49-64-57(47-33-17-11-5)61(66-51-41-29-25-21-15-9-3)59(55-43-35-31-36-44-55)68-53-63-54-69-60(56-45-37-32-38-46-56)62(67-52-42-30-26-22-16-10-4)58(48-34-18-12-6)65-50-40-28-24-20-14-8-2/h31-32,35-38,43-46,59-60H,7-30,33-34,39-42,47-54H2,1-6H3. The van der Waals surface area contributed by atoms with Crippen molar-refractivity contribution in [2.24, 2.45) is 0 Å². The van der Waals surface area contributed by atoms with Crippen molar-refractivity contribution < 1.29 is 33.2 Å². The van der Waals surface area contributed by atoms with Gasteiger partial charge in [-0.2, -0.15) is 0 Å². The number of allylic oxidation sites excluding steroid dienone is 2. The first-order valence-electron chi connectivity index (χ1n) is 29.0. The van der Waals surface area contributed by atoms with E-state index in [9.17, 15) is 0 Å². The number of ether oxygens (including phenoxy) is 7. The lowest BCUT2D eigenvalue weighted by molar-refractivity contribution is -0.168. The summed E-state index contributed by atoms with van der Waals surface area (Å²) in [6, 6.07) is 20.9. The van der Waals surface area contributed by atoms with Crippen LogP contribution in [0.2, 0.25) is 0 Å². The maximum atomic E-state index is 6.86. The van der Waals surface area contributed by atoms with Crippen molar-refractivity contribution in [1.29, 1.82) is 0 Å². The van der Waals surface area contributed by atoms with Crippen LogP contribution in [0.5, 0.6) is 0 Å². The summed E-state index contributed by atoms with van der Waals surface area (Å²) in [4.78, 5) is 0. The van der Waals surface area contributed by atoms with Crippen LogP contribution in [0.25, 0.3) is 0 Å². The molecule has 2 rings (SSSR count). The second kappa shape index (κ2) is 46.1. The fourth-order valence-corrected chi connectivity index (χ4v) is 8.66. The van der Waals surface area contributed by atoms with E-state index < -0.39 is 12.2 Å². The van der Waals surface area contributed by atoms with Gasteiger partial charge in [0.1, 0.15) is 23.7 Å². The average Bonchev–Trinajstić information content (AvgIpc) is 3.37. The van der Waals surface area contributed by atoms with Crippen LogP contribution in [0.15, 0.2) is 83.7 Å². The topological polar surface area (TPSA) is 64.6 Å². The van der Waals surface area contributed by atoms with Gasteiger partial charge < -0.3 is 33.2 Å². The largest absolute Gasteiger partial charge is 0.494 e. The Bertz CT molecular complexity index is 1350. The van der Waals surface area contributed by atoms with Gasteiger partial charge in [-0.3, -0.25) is 0 Å². The van der Waals surface area contributed by atoms with Crippen molar-refractivity contribution in [2.45, 2.75) is 259 Å². The predicted molar refractivity (Wildman–Crippen MR) is 291 cm³/mol. The van der Waals surface area contributed by atoms with Crippen molar-refractivity contribution in [2.75, 3.05) is 40.0 Å². The van der Waals surface area contributed by atoms with Crippen LogP contribution in [-0.4, -0.2) is 40.0 Å². The van der Waals surface area contributed by atoms with Crippen LogP contribution >= 0.6 is 0 Å². The molecule has 2 aromatic rings. The second-order valence-electron chi connectivity index (χ2n) is 19.3. The summed E-state index contributed by atoms with van der Waals surface area (Å²) in [5, 5.41) is 0. The molecule has 0 bridgehead atoms. The van der Waals surface area contributed by atoms with Crippen molar-refractivity contribution in [3.63, 3.8) is 0 Å². The highest BCUT2D eigenvalue weighted by atomic mass is 16.7. The number of rotatable bonds is 50. The van der Waals surface area contributed by atoms with E-state index in [1.54, 1.807) is 0 Å². The fraction of sp³-hybridized carbons (Fsp3) is 0.742. The summed E-state index contributed by atoms with van der Waals surface area (Å²) in [6.45, 7) is 16.3. The van der Waals surface area contributed by atoms with E-state index in [2.05, 4.69) is 102 Å². The lowest BCUT2D eigenvalue weighted by Crippen LogP contribution is -2.19. The minimum Gasteiger partial charge on any atom is -0.494 e. The van der Waals surface area contributed by atoms with E-state index in [4.69, 9.17) is 33.2 Å². The molecule has 0 N–H and O–H groups in total. The molecular weight excluding hydrogens is 857 g/mol. The smallest absolute Gasteiger partial charge is 0.167 e. The monoisotopic (exact) mass is 963 g/mol. The molecule has 0 aliphatic heterocycles. The Morgan fingerprint density at radius 3 is 0.913 bits per heavy atom. The van der Waals surface area contributed by atoms with E-state index in [0.717, 1.165) is 124 Å². The number of hydrogen-bond acceptors (Lipinski definition) is 7. The van der Waals surface area contributed by atoms with Gasteiger partial charge >= 0.3 is 0 Å². The summed E-state index contributed by atoms with van der Waals surface area (Å²) in [5.74, 6) is 3.42. The zero-order valence-corrected chi connectivity index (χ0v) is 45.7. The molecule has 0 amide bonds. The minimum absolute atomic E-state index is 0.0141. The molecule has 0 aromatic heterocycles. The van der Waals surface area contributed by atoms with Gasteiger partial charge in [-0.15, -0.1) is 0 Å². The van der Waals surface area contributed by atoms with Crippen molar-refractivity contribution in [1.82, 2.24) is 0 Å². The third kappa shape index (κ3) is 31.2. The Labute approximate surface area is 425 Å². The van der Waals surface area contributed by atoms with Gasteiger partial charge in [-0.25, -0.2) is 0 Å². The Morgan fingerprint density at radius 1 is 0.319 bits per heavy atom. The lowest BCUT2D eigenvalue weighted by Gasteiger charge is -2.27. The fourth-order valence-electron chi connectivity index (χ4n) is 8.66. The first kappa shape index (κ1) is 62.1. The van der Waals surface area contributed by atoms with Gasteiger partial charge in [0.05, 0.1) is 26.4 Å². The molecular formula is C62H106O7. The van der Waals surface area contributed by atoms with Crippen LogP contribution in [0.3, 0.4) is 0 Å². The van der Waals surface area contributed by atoms with Crippen LogP contribution < -0.4 is 0 Å². The first-order chi connectivity index (χ1) is 34.1. The maximum absolute atomic E-state index is 6.86. The van der Waals surface area contributed by atoms with Crippen molar-refractivity contribution in [3.05, 3.63) is 94.8 Å². The molecule has 2 aromatic carbocycles. The van der Waals surface area contributed by atoms with E-state index in [1.807, 2.05) is 0 Å². The molecule has 0 saturated heterocycles. The normalized spacial score (nSPS) is 13.2. The molecule has 0 heterocycles. The third-order valence-electron chi connectivity index (χ3n) is 12.9. The zero-order chi connectivity index (χ0) is 49.5. The average molecular weight is 964 g/mol. The Morgan fingerprint density at radius 2 is 0.594 bits per heavy atom. The Hall–Kier alpha value is -3.00. The van der Waals surface area contributed by atoms with Gasteiger partial charge in [0.25, 0.3) is 0 Å². The molecule has 7 heteroatoms. The van der Waals surface area contributed by atoms with Gasteiger partial charge in [0, 0.05) is 12.8 Å². The number of unbranched alkanes of at least 4 members (excludes halogenated alkanes) is 24. The van der Waals surface area contributed by atoms with Crippen LogP contribution in [0, 0.1) is 0 Å². The summed E-state index contributed by atoms with van der Waals surface area (Å²) >= 11 is 0. The highest BCUT2D eigenvalue weighted by Gasteiger charge is 2.27. The van der Waals surface area contributed by atoms with Crippen LogP contribution in [-0.2, 0) is 33.2 Å². The molecule has 0 spiro atoms. The zero-order valence-electron chi connectivity index (χ0n) is 45.7. The molecule has 69 heavy (non-hydrogen) atoms. The molecule has 0 fully saturated rings. The Balaban J connectivity index is 2.44. The van der Waals surface area contributed by atoms with E-state index in [0.29, 0.717) is 26.4 Å². The Kier molecular flexibility index (Phi) is 41.5. The molecule has 7 nitrogen and oxygen atoms in total. The highest BCUT2D eigenvalue weighted by Crippen LogP contribution is 2.35. The first-order valence-corrected chi connectivity index (χ1v) is 29.0. The van der Waals surface area contributed by atoms with Gasteiger partial charge in [-0.1, -0.05) is 256 Å². The van der Waals surface area contributed by atoms with Crippen molar-refractivity contribution in [3.8, 4) is 0 Å². The quantitative estimate of drug-likeness (QED) is 0.0372. The van der Waals surface area contributed by atoms with Gasteiger partial charge in [-0.05, 0) is 49.7 Å².